The summed E-state index contributed by atoms with van der Waals surface area (Å²) < 4.78 is 26.6. The fourth-order valence-corrected chi connectivity index (χ4v) is 1.44. The third-order valence-corrected chi connectivity index (χ3v) is 2.84. The molecule has 4 nitrogen and oxygen atoms in total. The number of hydrogen-bond acceptors (Lipinski definition) is 3. The first-order valence-electron chi connectivity index (χ1n) is 4.81. The Morgan fingerprint density at radius 3 is 2.76 bits per heavy atom. The van der Waals surface area contributed by atoms with Crippen molar-refractivity contribution in [2.75, 3.05) is 11.9 Å². The molecule has 94 valence electrons. The van der Waals surface area contributed by atoms with Crippen molar-refractivity contribution < 1.29 is 14.0 Å². The van der Waals surface area contributed by atoms with Crippen molar-refractivity contribution in [2.45, 2.75) is 6.92 Å². The monoisotopic (exact) mass is 307 g/mol. The molecule has 0 spiro atoms. The Labute approximate surface area is 106 Å². The first kappa shape index (κ1) is 13.7. The van der Waals surface area contributed by atoms with E-state index in [-0.39, 0.29) is 28.5 Å². The number of rotatable bonds is 4. The minimum atomic E-state index is -0.579. The molecule has 1 rings (SSSR count). The first-order valence-corrected chi connectivity index (χ1v) is 5.60. The van der Waals surface area contributed by atoms with Gasteiger partial charge in [-0.2, -0.15) is 0 Å². The first-order chi connectivity index (χ1) is 7.95. The summed E-state index contributed by atoms with van der Waals surface area (Å²) in [6.45, 7) is 1.92. The normalized spacial score (nSPS) is 13.5. The Morgan fingerprint density at radius 2 is 2.18 bits per heavy atom. The molecule has 0 bridgehead atoms. The largest absolute Gasteiger partial charge is 0.409 e. The Morgan fingerprint density at radius 1 is 1.53 bits per heavy atom. The standard InChI is InChI=1S/C10H12BrF2N3O/c1-5(10(14)16-17)4-15-9-3-7(12)6(11)2-8(9)13/h2-3,5,15,17H,4H2,1H3,(H2,14,16). The second-order valence-corrected chi connectivity index (χ2v) is 4.41. The Kier molecular flexibility index (Phi) is 4.68. The second kappa shape index (κ2) is 5.81. The van der Waals surface area contributed by atoms with E-state index in [1.807, 2.05) is 0 Å². The summed E-state index contributed by atoms with van der Waals surface area (Å²) in [5.41, 5.74) is 5.39. The molecule has 0 saturated carbocycles. The van der Waals surface area contributed by atoms with Crippen LogP contribution in [0.4, 0.5) is 14.5 Å². The molecule has 0 aliphatic carbocycles. The highest BCUT2D eigenvalue weighted by Crippen LogP contribution is 2.23. The molecule has 1 aromatic carbocycles. The molecular formula is C10H12BrF2N3O. The molecule has 17 heavy (non-hydrogen) atoms. The van der Waals surface area contributed by atoms with Crippen LogP contribution < -0.4 is 11.1 Å². The maximum absolute atomic E-state index is 13.4. The quantitative estimate of drug-likeness (QED) is 0.263. The van der Waals surface area contributed by atoms with E-state index in [0.717, 1.165) is 12.1 Å². The van der Waals surface area contributed by atoms with Gasteiger partial charge in [0, 0.05) is 18.5 Å². The van der Waals surface area contributed by atoms with E-state index in [9.17, 15) is 8.78 Å². The lowest BCUT2D eigenvalue weighted by atomic mass is 10.1. The molecule has 0 heterocycles. The van der Waals surface area contributed by atoms with Gasteiger partial charge in [-0.15, -0.1) is 0 Å². The average molecular weight is 308 g/mol. The number of nitrogens with zero attached hydrogens (tertiary/aromatic N) is 1. The molecule has 0 aliphatic heterocycles. The number of hydrogen-bond donors (Lipinski definition) is 3. The van der Waals surface area contributed by atoms with Gasteiger partial charge in [0.15, 0.2) is 0 Å². The number of nitrogens with one attached hydrogen (secondary N) is 1. The van der Waals surface area contributed by atoms with Crippen molar-refractivity contribution in [1.29, 1.82) is 0 Å². The second-order valence-electron chi connectivity index (χ2n) is 3.55. The lowest BCUT2D eigenvalue weighted by molar-refractivity contribution is 0.315. The zero-order chi connectivity index (χ0) is 13.0. The minimum Gasteiger partial charge on any atom is -0.409 e. The number of amidine groups is 1. The number of oxime groups is 1. The van der Waals surface area contributed by atoms with E-state index in [1.54, 1.807) is 6.92 Å². The van der Waals surface area contributed by atoms with Crippen molar-refractivity contribution >= 4 is 27.5 Å². The smallest absolute Gasteiger partial charge is 0.147 e. The maximum atomic E-state index is 13.4. The Hall–Kier alpha value is -1.37. The zero-order valence-electron chi connectivity index (χ0n) is 9.04. The van der Waals surface area contributed by atoms with Gasteiger partial charge in [-0.25, -0.2) is 8.78 Å². The van der Waals surface area contributed by atoms with Crippen molar-refractivity contribution in [1.82, 2.24) is 0 Å². The Balaban J connectivity index is 2.73. The summed E-state index contributed by atoms with van der Waals surface area (Å²) in [7, 11) is 0. The molecule has 0 saturated heterocycles. The van der Waals surface area contributed by atoms with Crippen LogP contribution in [0.1, 0.15) is 6.92 Å². The van der Waals surface area contributed by atoms with Crippen molar-refractivity contribution in [3.05, 3.63) is 28.2 Å². The van der Waals surface area contributed by atoms with Gasteiger partial charge in [-0.1, -0.05) is 12.1 Å². The number of anilines is 1. The molecule has 4 N–H and O–H groups in total. The van der Waals surface area contributed by atoms with Gasteiger partial charge in [0.05, 0.1) is 10.2 Å². The zero-order valence-corrected chi connectivity index (χ0v) is 10.6. The summed E-state index contributed by atoms with van der Waals surface area (Å²) in [5, 5.41) is 14.0. The molecular weight excluding hydrogens is 296 g/mol. The van der Waals surface area contributed by atoms with Crippen LogP contribution in [-0.4, -0.2) is 17.6 Å². The molecule has 0 aliphatic rings. The maximum Gasteiger partial charge on any atom is 0.147 e. The highest BCUT2D eigenvalue weighted by Gasteiger charge is 2.11. The van der Waals surface area contributed by atoms with E-state index >= 15 is 0 Å². The van der Waals surface area contributed by atoms with Crippen LogP contribution in [0.15, 0.2) is 21.8 Å². The lowest BCUT2D eigenvalue weighted by Gasteiger charge is -2.13. The van der Waals surface area contributed by atoms with Crippen molar-refractivity contribution in [3.8, 4) is 0 Å². The summed E-state index contributed by atoms with van der Waals surface area (Å²) >= 11 is 2.88. The summed E-state index contributed by atoms with van der Waals surface area (Å²) in [5.74, 6) is -1.42. The Bertz CT molecular complexity index is 440. The van der Waals surface area contributed by atoms with Gasteiger partial charge in [-0.3, -0.25) is 0 Å². The number of benzene rings is 1. The van der Waals surface area contributed by atoms with Crippen molar-refractivity contribution in [3.63, 3.8) is 0 Å². The third kappa shape index (κ3) is 3.55. The summed E-state index contributed by atoms with van der Waals surface area (Å²) in [6.07, 6.45) is 0. The molecule has 0 radical (unpaired) electrons. The van der Waals surface area contributed by atoms with E-state index in [1.165, 1.54) is 0 Å². The van der Waals surface area contributed by atoms with Gasteiger partial charge in [-0.05, 0) is 22.0 Å². The van der Waals surface area contributed by atoms with Crippen LogP contribution in [0.5, 0.6) is 0 Å². The predicted octanol–water partition coefficient (Wildman–Crippen LogP) is 2.52. The fourth-order valence-electron chi connectivity index (χ4n) is 1.12. The average Bonchev–Trinajstić information content (AvgIpc) is 2.30. The van der Waals surface area contributed by atoms with Crippen LogP contribution in [0.2, 0.25) is 0 Å². The minimum absolute atomic E-state index is 0.0236. The van der Waals surface area contributed by atoms with E-state index in [2.05, 4.69) is 26.4 Å². The van der Waals surface area contributed by atoms with Crippen LogP contribution in [0, 0.1) is 17.6 Å². The molecule has 1 unspecified atom stereocenters. The van der Waals surface area contributed by atoms with Crippen LogP contribution in [-0.2, 0) is 0 Å². The SMILES string of the molecule is CC(CNc1cc(F)c(Br)cc1F)/C(N)=N/O. The van der Waals surface area contributed by atoms with Gasteiger partial charge < -0.3 is 16.3 Å². The molecule has 1 aromatic rings. The van der Waals surface area contributed by atoms with Crippen LogP contribution >= 0.6 is 15.9 Å². The van der Waals surface area contributed by atoms with Gasteiger partial charge >= 0.3 is 0 Å². The number of nitrogens with two attached hydrogens (primary N) is 1. The molecule has 0 fully saturated rings. The molecule has 0 amide bonds. The van der Waals surface area contributed by atoms with Crippen molar-refractivity contribution in [2.24, 2.45) is 16.8 Å². The van der Waals surface area contributed by atoms with Gasteiger partial charge in [0.2, 0.25) is 0 Å². The summed E-state index contributed by atoms with van der Waals surface area (Å²) in [4.78, 5) is 0. The highest BCUT2D eigenvalue weighted by atomic mass is 79.9. The number of halogens is 3. The molecule has 7 heteroatoms. The van der Waals surface area contributed by atoms with Crippen LogP contribution in [0.25, 0.3) is 0 Å². The van der Waals surface area contributed by atoms with E-state index in [4.69, 9.17) is 10.9 Å². The van der Waals surface area contributed by atoms with Gasteiger partial charge in [0.25, 0.3) is 0 Å². The topological polar surface area (TPSA) is 70.6 Å². The van der Waals surface area contributed by atoms with E-state index < -0.39 is 11.6 Å². The predicted molar refractivity (Wildman–Crippen MR) is 65.1 cm³/mol. The fraction of sp³-hybridized carbons (Fsp3) is 0.300. The van der Waals surface area contributed by atoms with Crippen LogP contribution in [0.3, 0.4) is 0 Å². The third-order valence-electron chi connectivity index (χ3n) is 2.23. The highest BCUT2D eigenvalue weighted by molar-refractivity contribution is 9.10. The molecule has 0 aromatic heterocycles. The van der Waals surface area contributed by atoms with E-state index in [0.29, 0.717) is 0 Å². The molecule has 1 atom stereocenters. The summed E-state index contributed by atoms with van der Waals surface area (Å²) in [6, 6.07) is 2.07. The van der Waals surface area contributed by atoms with Gasteiger partial charge in [0.1, 0.15) is 17.5 Å². The lowest BCUT2D eigenvalue weighted by Crippen LogP contribution is -2.27.